The zero-order chi connectivity index (χ0) is 20.4. The lowest BCUT2D eigenvalue weighted by Crippen LogP contribution is -2.23. The van der Waals surface area contributed by atoms with Gasteiger partial charge in [-0.15, -0.1) is 5.10 Å². The van der Waals surface area contributed by atoms with Gasteiger partial charge in [-0.2, -0.15) is 4.98 Å². The molecule has 0 radical (unpaired) electrons. The van der Waals surface area contributed by atoms with Crippen LogP contribution in [0.15, 0.2) is 29.4 Å². The molecule has 3 rings (SSSR count). The van der Waals surface area contributed by atoms with Crippen molar-refractivity contribution in [3.8, 4) is 5.75 Å². The van der Waals surface area contributed by atoms with Gasteiger partial charge >= 0.3 is 0 Å². The van der Waals surface area contributed by atoms with E-state index in [2.05, 4.69) is 20.4 Å². The number of ether oxygens (including phenoxy) is 1. The Morgan fingerprint density at radius 2 is 2.07 bits per heavy atom. The van der Waals surface area contributed by atoms with Crippen LogP contribution in [-0.2, 0) is 4.79 Å². The molecular formula is C17H18N6O4S. The molecule has 0 saturated carbocycles. The monoisotopic (exact) mass is 402 g/mol. The number of aromatic nitrogens is 4. The second-order valence-corrected chi connectivity index (χ2v) is 7.34. The van der Waals surface area contributed by atoms with Gasteiger partial charge in [0.2, 0.25) is 11.1 Å². The van der Waals surface area contributed by atoms with Crippen LogP contribution in [0.1, 0.15) is 18.3 Å². The fourth-order valence-electron chi connectivity index (χ4n) is 2.55. The average molecular weight is 402 g/mol. The van der Waals surface area contributed by atoms with Crippen molar-refractivity contribution in [1.29, 1.82) is 0 Å². The van der Waals surface area contributed by atoms with E-state index in [1.165, 1.54) is 37.1 Å². The fourth-order valence-corrected chi connectivity index (χ4v) is 3.30. The number of benzene rings is 1. The molecule has 0 saturated heterocycles. The summed E-state index contributed by atoms with van der Waals surface area (Å²) in [5.74, 6) is 0.439. The van der Waals surface area contributed by atoms with Crippen molar-refractivity contribution in [3.05, 3.63) is 45.8 Å². The number of methoxy groups -OCH3 is 1. The number of anilines is 1. The summed E-state index contributed by atoms with van der Waals surface area (Å²) in [5.41, 5.74) is 1.80. The number of nitro groups is 1. The number of hydrogen-bond acceptors (Lipinski definition) is 8. The third kappa shape index (κ3) is 4.03. The Bertz CT molecular complexity index is 1070. The number of non-ortho nitro benzene ring substituents is 1. The number of nitrogens with zero attached hydrogens (tertiary/aromatic N) is 5. The van der Waals surface area contributed by atoms with Gasteiger partial charge in [0.15, 0.2) is 0 Å². The molecule has 0 aliphatic rings. The topological polar surface area (TPSA) is 125 Å². The first-order valence-corrected chi connectivity index (χ1v) is 9.17. The quantitative estimate of drug-likeness (QED) is 0.379. The van der Waals surface area contributed by atoms with Gasteiger partial charge in [0.1, 0.15) is 5.75 Å². The maximum absolute atomic E-state index is 12.6. The van der Waals surface area contributed by atoms with Gasteiger partial charge < -0.3 is 10.1 Å². The molecule has 11 heteroatoms. The zero-order valence-electron chi connectivity index (χ0n) is 15.7. The first-order valence-electron chi connectivity index (χ1n) is 8.29. The third-order valence-corrected chi connectivity index (χ3v) is 4.85. The van der Waals surface area contributed by atoms with Gasteiger partial charge in [-0.3, -0.25) is 14.9 Å². The van der Waals surface area contributed by atoms with Gasteiger partial charge in [0, 0.05) is 23.5 Å². The predicted molar refractivity (Wildman–Crippen MR) is 104 cm³/mol. The van der Waals surface area contributed by atoms with Crippen LogP contribution in [-0.4, -0.2) is 42.8 Å². The van der Waals surface area contributed by atoms with Crippen LogP contribution in [0.2, 0.25) is 0 Å². The normalized spacial score (nSPS) is 12.0. The summed E-state index contributed by atoms with van der Waals surface area (Å²) in [6.07, 6.45) is 0. The first kappa shape index (κ1) is 19.5. The summed E-state index contributed by atoms with van der Waals surface area (Å²) >= 11 is 1.17. The molecule has 2 aromatic heterocycles. The van der Waals surface area contributed by atoms with Gasteiger partial charge in [0.25, 0.3) is 11.5 Å². The molecule has 0 fully saturated rings. The number of amides is 1. The second kappa shape index (κ2) is 7.80. The molecule has 0 aliphatic carbocycles. The van der Waals surface area contributed by atoms with Crippen molar-refractivity contribution in [2.24, 2.45) is 0 Å². The third-order valence-electron chi connectivity index (χ3n) is 3.90. The number of carbonyl (C=O) groups is 1. The summed E-state index contributed by atoms with van der Waals surface area (Å²) in [4.78, 5) is 31.7. The maximum atomic E-state index is 12.6. The second-order valence-electron chi connectivity index (χ2n) is 6.04. The summed E-state index contributed by atoms with van der Waals surface area (Å²) in [6.45, 7) is 5.47. The van der Waals surface area contributed by atoms with E-state index in [-0.39, 0.29) is 17.3 Å². The molecule has 28 heavy (non-hydrogen) atoms. The molecule has 0 aliphatic heterocycles. The van der Waals surface area contributed by atoms with E-state index in [0.29, 0.717) is 16.7 Å². The number of fused-ring (bicyclic) bond motifs is 1. The minimum Gasteiger partial charge on any atom is -0.495 e. The number of rotatable bonds is 6. The molecule has 1 atom stereocenters. The summed E-state index contributed by atoms with van der Waals surface area (Å²) in [7, 11) is 1.42. The van der Waals surface area contributed by atoms with E-state index in [1.54, 1.807) is 11.4 Å². The molecule has 0 bridgehead atoms. The number of aryl methyl sites for hydroxylation is 2. The van der Waals surface area contributed by atoms with Crippen molar-refractivity contribution in [3.63, 3.8) is 0 Å². The fraction of sp³-hybridized carbons (Fsp3) is 0.294. The molecule has 1 amide bonds. The summed E-state index contributed by atoms with van der Waals surface area (Å²) < 4.78 is 6.78. The number of nitro benzene ring substituents is 1. The molecular weight excluding hydrogens is 384 g/mol. The predicted octanol–water partition coefficient (Wildman–Crippen LogP) is 2.78. The maximum Gasteiger partial charge on any atom is 0.271 e. The van der Waals surface area contributed by atoms with E-state index in [9.17, 15) is 14.9 Å². The first-order chi connectivity index (χ1) is 13.3. The van der Waals surface area contributed by atoms with Crippen LogP contribution in [0.3, 0.4) is 0 Å². The van der Waals surface area contributed by atoms with E-state index < -0.39 is 10.2 Å². The lowest BCUT2D eigenvalue weighted by atomic mass is 10.2. The molecule has 146 valence electrons. The van der Waals surface area contributed by atoms with Crippen molar-refractivity contribution in [2.45, 2.75) is 31.2 Å². The van der Waals surface area contributed by atoms with Gasteiger partial charge in [-0.05, 0) is 32.9 Å². The minimum atomic E-state index is -0.553. The Kier molecular flexibility index (Phi) is 5.45. The molecule has 10 nitrogen and oxygen atoms in total. The summed E-state index contributed by atoms with van der Waals surface area (Å²) in [5, 5.41) is 17.9. The highest BCUT2D eigenvalue weighted by atomic mass is 32.2. The Labute approximate surface area is 164 Å². The van der Waals surface area contributed by atoms with Crippen molar-refractivity contribution in [2.75, 3.05) is 12.4 Å². The van der Waals surface area contributed by atoms with Crippen molar-refractivity contribution < 1.29 is 14.5 Å². The van der Waals surface area contributed by atoms with Crippen LogP contribution in [0.5, 0.6) is 5.75 Å². The number of thioether (sulfide) groups is 1. The number of hydrogen-bond donors (Lipinski definition) is 1. The van der Waals surface area contributed by atoms with E-state index in [4.69, 9.17) is 4.74 Å². The SMILES string of the molecule is COc1ccc([N+](=O)[O-])cc1NC(=O)[C@H](C)Sc1nc2nc(C)cc(C)n2n1. The lowest BCUT2D eigenvalue weighted by molar-refractivity contribution is -0.384. The van der Waals surface area contributed by atoms with Crippen molar-refractivity contribution in [1.82, 2.24) is 19.6 Å². The van der Waals surface area contributed by atoms with Gasteiger partial charge in [0.05, 0.1) is 23.0 Å². The molecule has 2 heterocycles. The van der Waals surface area contributed by atoms with E-state index >= 15 is 0 Å². The van der Waals surface area contributed by atoms with E-state index in [0.717, 1.165) is 11.4 Å². The Balaban J connectivity index is 1.77. The smallest absolute Gasteiger partial charge is 0.271 e. The standard InChI is InChI=1S/C17H18N6O4S/c1-9-7-10(2)22-16(18-9)20-17(21-22)28-11(3)15(24)19-13-8-12(23(25)26)5-6-14(13)27-4/h5-8,11H,1-4H3,(H,19,24)/t11-/m0/s1. The van der Waals surface area contributed by atoms with E-state index in [1.807, 2.05) is 19.9 Å². The molecule has 1 aromatic carbocycles. The zero-order valence-corrected chi connectivity index (χ0v) is 16.5. The number of nitrogens with one attached hydrogen (secondary N) is 1. The van der Waals surface area contributed by atoms with Crippen LogP contribution in [0, 0.1) is 24.0 Å². The molecule has 1 N–H and O–H groups in total. The van der Waals surface area contributed by atoms with Crippen LogP contribution in [0.4, 0.5) is 11.4 Å². The van der Waals surface area contributed by atoms with Crippen LogP contribution in [0.25, 0.3) is 5.78 Å². The minimum absolute atomic E-state index is 0.143. The van der Waals surface area contributed by atoms with Crippen LogP contribution < -0.4 is 10.1 Å². The lowest BCUT2D eigenvalue weighted by Gasteiger charge is -2.12. The molecule has 0 spiro atoms. The number of carbonyl (C=O) groups excluding carboxylic acids is 1. The molecule has 3 aromatic rings. The van der Waals surface area contributed by atoms with Crippen molar-refractivity contribution >= 4 is 34.8 Å². The highest BCUT2D eigenvalue weighted by Crippen LogP contribution is 2.30. The largest absolute Gasteiger partial charge is 0.495 e. The van der Waals surface area contributed by atoms with Gasteiger partial charge in [-0.25, -0.2) is 9.50 Å². The van der Waals surface area contributed by atoms with Gasteiger partial charge in [-0.1, -0.05) is 11.8 Å². The Morgan fingerprint density at radius 3 is 2.75 bits per heavy atom. The molecule has 0 unspecified atom stereocenters. The Morgan fingerprint density at radius 1 is 1.32 bits per heavy atom. The highest BCUT2D eigenvalue weighted by molar-refractivity contribution is 8.00. The highest BCUT2D eigenvalue weighted by Gasteiger charge is 2.21. The average Bonchev–Trinajstić information content (AvgIpc) is 3.04. The summed E-state index contributed by atoms with van der Waals surface area (Å²) in [6, 6.07) is 5.89. The Hall–Kier alpha value is -3.21. The van der Waals surface area contributed by atoms with Crippen LogP contribution >= 0.6 is 11.8 Å².